The van der Waals surface area contributed by atoms with Gasteiger partial charge in [0.25, 0.3) is 5.69 Å². The van der Waals surface area contributed by atoms with Crippen LogP contribution in [-0.2, 0) is 4.79 Å². The molecule has 1 aliphatic carbocycles. The number of thioether (sulfide) groups is 1. The van der Waals surface area contributed by atoms with E-state index in [1.165, 1.54) is 35.2 Å². The summed E-state index contributed by atoms with van der Waals surface area (Å²) in [5, 5.41) is 13.6. The summed E-state index contributed by atoms with van der Waals surface area (Å²) in [4.78, 5) is 27.8. The smallest absolute Gasteiger partial charge is 0.270 e. The lowest BCUT2D eigenvalue weighted by Gasteiger charge is -2.15. The minimum Gasteiger partial charge on any atom is -0.352 e. The van der Waals surface area contributed by atoms with Gasteiger partial charge in [-0.25, -0.2) is 4.98 Å². The highest BCUT2D eigenvalue weighted by Gasteiger charge is 2.29. The first-order chi connectivity index (χ1) is 12.6. The number of nitrogens with zero attached hydrogens (tertiary/aromatic N) is 2. The Bertz CT molecular complexity index is 970. The Hall–Kier alpha value is -2.45. The highest BCUT2D eigenvalue weighted by Crippen LogP contribution is 2.40. The van der Waals surface area contributed by atoms with Crippen molar-refractivity contribution in [2.75, 3.05) is 0 Å². The molecular formula is C18H15N3O3S2. The van der Waals surface area contributed by atoms with Crippen LogP contribution in [-0.4, -0.2) is 21.9 Å². The molecule has 0 saturated heterocycles. The van der Waals surface area contributed by atoms with Crippen LogP contribution < -0.4 is 5.32 Å². The number of nitro benzene ring substituents is 1. The largest absolute Gasteiger partial charge is 0.352 e. The number of non-ortho nitro benzene ring substituents is 1. The van der Waals surface area contributed by atoms with Crippen LogP contribution in [0.25, 0.3) is 10.2 Å². The van der Waals surface area contributed by atoms with Crippen molar-refractivity contribution in [1.82, 2.24) is 10.3 Å². The first-order valence-corrected chi connectivity index (χ1v) is 9.87. The number of carbonyl (C=O) groups excluding carboxylic acids is 1. The van der Waals surface area contributed by atoms with Crippen LogP contribution in [0.2, 0.25) is 0 Å². The maximum atomic E-state index is 12.7. The van der Waals surface area contributed by atoms with E-state index in [1.54, 1.807) is 6.07 Å². The third kappa shape index (κ3) is 3.71. The van der Waals surface area contributed by atoms with E-state index in [1.807, 2.05) is 30.3 Å². The Kier molecular flexibility index (Phi) is 4.60. The molecule has 1 N–H and O–H groups in total. The van der Waals surface area contributed by atoms with Crippen LogP contribution >= 0.6 is 23.1 Å². The van der Waals surface area contributed by atoms with Crippen molar-refractivity contribution < 1.29 is 9.72 Å². The van der Waals surface area contributed by atoms with Gasteiger partial charge in [0, 0.05) is 18.2 Å². The second kappa shape index (κ2) is 7.05. The van der Waals surface area contributed by atoms with Gasteiger partial charge in [-0.15, -0.1) is 11.3 Å². The fourth-order valence-electron chi connectivity index (χ4n) is 2.56. The van der Waals surface area contributed by atoms with Gasteiger partial charge in [0.1, 0.15) is 5.25 Å². The normalized spacial score (nSPS) is 14.9. The Morgan fingerprint density at radius 3 is 2.73 bits per heavy atom. The number of rotatable bonds is 6. The van der Waals surface area contributed by atoms with E-state index in [0.717, 1.165) is 27.4 Å². The third-order valence-electron chi connectivity index (χ3n) is 4.05. The van der Waals surface area contributed by atoms with Crippen molar-refractivity contribution in [3.8, 4) is 0 Å². The van der Waals surface area contributed by atoms with E-state index in [0.29, 0.717) is 5.52 Å². The van der Waals surface area contributed by atoms with Crippen molar-refractivity contribution in [2.45, 2.75) is 28.5 Å². The molecule has 26 heavy (non-hydrogen) atoms. The van der Waals surface area contributed by atoms with Crippen LogP contribution in [0.1, 0.15) is 23.7 Å². The minimum absolute atomic E-state index is 0.0195. The van der Waals surface area contributed by atoms with E-state index in [4.69, 9.17) is 0 Å². The Balaban J connectivity index is 1.63. The highest BCUT2D eigenvalue weighted by molar-refractivity contribution is 8.02. The zero-order chi connectivity index (χ0) is 18.1. The zero-order valence-electron chi connectivity index (χ0n) is 13.6. The van der Waals surface area contributed by atoms with Gasteiger partial charge in [-0.3, -0.25) is 14.9 Å². The van der Waals surface area contributed by atoms with Crippen LogP contribution in [0.15, 0.2) is 52.9 Å². The summed E-state index contributed by atoms with van der Waals surface area (Å²) in [7, 11) is 0. The van der Waals surface area contributed by atoms with E-state index >= 15 is 0 Å². The first kappa shape index (κ1) is 17.0. The Morgan fingerprint density at radius 1 is 1.27 bits per heavy atom. The molecule has 0 radical (unpaired) electrons. The number of fused-ring (bicyclic) bond motifs is 1. The number of nitrogens with one attached hydrogen (secondary N) is 1. The second-order valence-electron chi connectivity index (χ2n) is 6.08. The van der Waals surface area contributed by atoms with Crippen molar-refractivity contribution in [2.24, 2.45) is 0 Å². The van der Waals surface area contributed by atoms with Gasteiger partial charge in [-0.2, -0.15) is 0 Å². The molecule has 1 aliphatic rings. The lowest BCUT2D eigenvalue weighted by atomic mass is 10.1. The maximum absolute atomic E-state index is 12.7. The first-order valence-electron chi connectivity index (χ1n) is 8.17. The summed E-state index contributed by atoms with van der Waals surface area (Å²) >= 11 is 2.76. The molecule has 0 bridgehead atoms. The number of aromatic nitrogens is 1. The highest BCUT2D eigenvalue weighted by atomic mass is 32.2. The van der Waals surface area contributed by atoms with Gasteiger partial charge < -0.3 is 5.32 Å². The van der Waals surface area contributed by atoms with Gasteiger partial charge in [-0.05, 0) is 24.5 Å². The number of benzene rings is 2. The average molecular weight is 385 g/mol. The van der Waals surface area contributed by atoms with E-state index in [2.05, 4.69) is 10.3 Å². The molecule has 4 rings (SSSR count). The van der Waals surface area contributed by atoms with E-state index < -0.39 is 10.2 Å². The van der Waals surface area contributed by atoms with Crippen molar-refractivity contribution >= 4 is 44.9 Å². The van der Waals surface area contributed by atoms with Crippen LogP contribution in [0.5, 0.6) is 0 Å². The predicted molar refractivity (Wildman–Crippen MR) is 102 cm³/mol. The number of thiazole rings is 1. The molecule has 1 atom stereocenters. The Labute approximate surface area is 157 Å². The summed E-state index contributed by atoms with van der Waals surface area (Å²) in [5.74, 6) is -0.0195. The minimum atomic E-state index is -0.415. The summed E-state index contributed by atoms with van der Waals surface area (Å²) in [6.45, 7) is 0. The number of carbonyl (C=O) groups is 1. The maximum Gasteiger partial charge on any atom is 0.270 e. The molecule has 2 aromatic carbocycles. The van der Waals surface area contributed by atoms with Crippen LogP contribution in [0.3, 0.4) is 0 Å². The monoisotopic (exact) mass is 385 g/mol. The molecule has 1 amide bonds. The number of hydrogen-bond acceptors (Lipinski definition) is 6. The lowest BCUT2D eigenvalue weighted by molar-refractivity contribution is -0.384. The molecule has 132 valence electrons. The van der Waals surface area contributed by atoms with Gasteiger partial charge in [0.15, 0.2) is 4.34 Å². The lowest BCUT2D eigenvalue weighted by Crippen LogP contribution is -2.29. The van der Waals surface area contributed by atoms with Crippen LogP contribution in [0.4, 0.5) is 5.69 Å². The van der Waals surface area contributed by atoms with Gasteiger partial charge in [-0.1, -0.05) is 42.1 Å². The molecule has 1 saturated carbocycles. The molecule has 6 nitrogen and oxygen atoms in total. The average Bonchev–Trinajstić information content (AvgIpc) is 3.35. The van der Waals surface area contributed by atoms with Crippen molar-refractivity contribution in [1.29, 1.82) is 0 Å². The summed E-state index contributed by atoms with van der Waals surface area (Å²) in [6.07, 6.45) is 2.06. The van der Waals surface area contributed by atoms with E-state index in [-0.39, 0.29) is 17.6 Å². The van der Waals surface area contributed by atoms with Gasteiger partial charge in [0.05, 0.1) is 15.1 Å². The molecule has 0 aliphatic heterocycles. The molecule has 8 heteroatoms. The third-order valence-corrected chi connectivity index (χ3v) is 6.41. The molecule has 0 spiro atoms. The standard InChI is InChI=1S/C18H15N3O3S2/c22-17(19-12-6-7-12)16(11-4-2-1-3-5-11)26-18-20-14-9-8-13(21(23)24)10-15(14)25-18/h1-5,8-10,12,16H,6-7H2,(H,19,22)/t16-/m0/s1. The number of hydrogen-bond donors (Lipinski definition) is 1. The second-order valence-corrected chi connectivity index (χ2v) is 8.46. The van der Waals surface area contributed by atoms with Gasteiger partial charge >= 0.3 is 0 Å². The van der Waals surface area contributed by atoms with E-state index in [9.17, 15) is 14.9 Å². The van der Waals surface area contributed by atoms with Crippen molar-refractivity contribution in [3.05, 3.63) is 64.2 Å². The Morgan fingerprint density at radius 2 is 2.04 bits per heavy atom. The SMILES string of the molecule is O=C(NC1CC1)[C@@H](Sc1nc2ccc([N+](=O)[O-])cc2s1)c1ccccc1. The number of amides is 1. The quantitative estimate of drug-likeness (QED) is 0.388. The summed E-state index contributed by atoms with van der Waals surface area (Å²) in [6, 6.07) is 14.5. The molecule has 1 aromatic heterocycles. The zero-order valence-corrected chi connectivity index (χ0v) is 15.3. The molecule has 1 heterocycles. The van der Waals surface area contributed by atoms with Crippen LogP contribution in [0, 0.1) is 10.1 Å². The predicted octanol–water partition coefficient (Wildman–Crippen LogP) is 4.32. The van der Waals surface area contributed by atoms with Crippen molar-refractivity contribution in [3.63, 3.8) is 0 Å². The molecule has 1 fully saturated rings. The number of nitro groups is 1. The summed E-state index contributed by atoms with van der Waals surface area (Å²) < 4.78 is 1.47. The van der Waals surface area contributed by atoms with Gasteiger partial charge in [0.2, 0.25) is 5.91 Å². The molecule has 3 aromatic rings. The fourth-order valence-corrected chi connectivity index (χ4v) is 4.86. The topological polar surface area (TPSA) is 85.1 Å². The summed E-state index contributed by atoms with van der Waals surface area (Å²) in [5.41, 5.74) is 1.67. The fraction of sp³-hybridized carbons (Fsp3) is 0.222. The molecular weight excluding hydrogens is 370 g/mol. The molecule has 0 unspecified atom stereocenters.